The number of aromatic nitrogens is 4. The third-order valence-electron chi connectivity index (χ3n) is 8.45. The number of carbonyl (C=O) groups is 1. The van der Waals surface area contributed by atoms with Crippen LogP contribution in [0.2, 0.25) is 0 Å². The second kappa shape index (κ2) is 7.75. The molecular formula is C24H34N6O. The van der Waals surface area contributed by atoms with E-state index in [2.05, 4.69) is 25.3 Å². The van der Waals surface area contributed by atoms with Gasteiger partial charge in [0.15, 0.2) is 5.65 Å². The van der Waals surface area contributed by atoms with Crippen LogP contribution < -0.4 is 10.2 Å². The van der Waals surface area contributed by atoms with Crippen LogP contribution in [0.1, 0.15) is 64.2 Å². The number of rotatable bonds is 5. The number of hydrogen-bond acceptors (Lipinski definition) is 5. The Bertz CT molecular complexity index is 925. The van der Waals surface area contributed by atoms with Crippen molar-refractivity contribution in [3.63, 3.8) is 0 Å². The third kappa shape index (κ3) is 3.50. The molecular weight excluding hydrogens is 388 g/mol. The molecule has 0 unspecified atom stereocenters. The van der Waals surface area contributed by atoms with Crippen molar-refractivity contribution < 1.29 is 4.79 Å². The minimum absolute atomic E-state index is 0.0803. The van der Waals surface area contributed by atoms with Crippen LogP contribution in [0.4, 0.5) is 5.82 Å². The maximum Gasteiger partial charge on any atom is 0.226 e. The van der Waals surface area contributed by atoms with E-state index in [9.17, 15) is 4.79 Å². The average molecular weight is 423 g/mol. The molecule has 5 aliphatic rings. The maximum absolute atomic E-state index is 13.2. The molecule has 0 atom stereocenters. The lowest BCUT2D eigenvalue weighted by Crippen LogP contribution is -2.53. The molecule has 2 aromatic rings. The van der Waals surface area contributed by atoms with Gasteiger partial charge in [-0.1, -0.05) is 12.8 Å². The van der Waals surface area contributed by atoms with Gasteiger partial charge in [0, 0.05) is 25.0 Å². The minimum atomic E-state index is -0.0803. The molecule has 4 saturated carbocycles. The van der Waals surface area contributed by atoms with Crippen molar-refractivity contribution in [3.05, 3.63) is 12.5 Å². The van der Waals surface area contributed by atoms with Gasteiger partial charge in [-0.2, -0.15) is 5.10 Å². The number of nitrogens with one attached hydrogen (secondary N) is 1. The van der Waals surface area contributed by atoms with Crippen LogP contribution in [-0.2, 0) is 11.3 Å². The first-order chi connectivity index (χ1) is 15.2. The Morgan fingerprint density at radius 3 is 2.35 bits per heavy atom. The molecule has 7 nitrogen and oxygen atoms in total. The monoisotopic (exact) mass is 422 g/mol. The summed E-state index contributed by atoms with van der Waals surface area (Å²) in [7, 11) is 0. The highest BCUT2D eigenvalue weighted by atomic mass is 16.2. The predicted octanol–water partition coefficient (Wildman–Crippen LogP) is 3.54. The Morgan fingerprint density at radius 1 is 1.00 bits per heavy atom. The van der Waals surface area contributed by atoms with E-state index in [4.69, 9.17) is 0 Å². The Labute approximate surface area is 184 Å². The molecule has 166 valence electrons. The summed E-state index contributed by atoms with van der Waals surface area (Å²) in [4.78, 5) is 24.7. The zero-order valence-electron chi connectivity index (χ0n) is 18.4. The first-order valence-corrected chi connectivity index (χ1v) is 12.4. The van der Waals surface area contributed by atoms with E-state index in [-0.39, 0.29) is 5.41 Å². The number of fused-ring (bicyclic) bond motifs is 1. The molecule has 1 aliphatic heterocycles. The lowest BCUT2D eigenvalue weighted by Gasteiger charge is -2.55. The molecule has 5 fully saturated rings. The summed E-state index contributed by atoms with van der Waals surface area (Å²) in [6.45, 7) is 3.37. The largest absolute Gasteiger partial charge is 0.356 e. The molecule has 4 bridgehead atoms. The van der Waals surface area contributed by atoms with Crippen LogP contribution in [-0.4, -0.2) is 45.3 Å². The van der Waals surface area contributed by atoms with Gasteiger partial charge in [-0.15, -0.1) is 0 Å². The third-order valence-corrected chi connectivity index (χ3v) is 8.45. The fourth-order valence-corrected chi connectivity index (χ4v) is 7.43. The second-order valence-corrected chi connectivity index (χ2v) is 10.7. The fourth-order valence-electron chi connectivity index (χ4n) is 7.43. The number of hydrogen-bond donors (Lipinski definition) is 1. The normalized spacial score (nSPS) is 32.4. The molecule has 2 aromatic heterocycles. The summed E-state index contributed by atoms with van der Waals surface area (Å²) < 4.78 is 1.93. The topological polar surface area (TPSA) is 75.9 Å². The number of carbonyl (C=O) groups excluding carboxylic acids is 1. The van der Waals surface area contributed by atoms with Crippen molar-refractivity contribution in [1.82, 2.24) is 25.1 Å². The molecule has 31 heavy (non-hydrogen) atoms. The van der Waals surface area contributed by atoms with Crippen molar-refractivity contribution in [2.45, 2.75) is 70.8 Å². The highest BCUT2D eigenvalue weighted by Gasteiger charge is 2.54. The van der Waals surface area contributed by atoms with E-state index in [0.29, 0.717) is 19.0 Å². The minimum Gasteiger partial charge on any atom is -0.356 e. The highest BCUT2D eigenvalue weighted by molar-refractivity contribution is 5.86. The van der Waals surface area contributed by atoms with Gasteiger partial charge >= 0.3 is 0 Å². The molecule has 1 N–H and O–H groups in total. The van der Waals surface area contributed by atoms with Gasteiger partial charge in [-0.25, -0.2) is 14.6 Å². The quantitative estimate of drug-likeness (QED) is 0.798. The van der Waals surface area contributed by atoms with Gasteiger partial charge in [0.25, 0.3) is 0 Å². The van der Waals surface area contributed by atoms with Gasteiger partial charge < -0.3 is 10.2 Å². The van der Waals surface area contributed by atoms with Crippen molar-refractivity contribution in [3.8, 4) is 0 Å². The molecule has 1 amide bonds. The zero-order chi connectivity index (χ0) is 20.8. The van der Waals surface area contributed by atoms with E-state index in [1.807, 2.05) is 10.9 Å². The van der Waals surface area contributed by atoms with Gasteiger partial charge in [0.2, 0.25) is 5.91 Å². The highest BCUT2D eigenvalue weighted by Crippen LogP contribution is 2.60. The molecule has 7 heteroatoms. The molecule has 0 aromatic carbocycles. The van der Waals surface area contributed by atoms with Crippen molar-refractivity contribution >= 4 is 22.8 Å². The maximum atomic E-state index is 13.2. The van der Waals surface area contributed by atoms with E-state index >= 15 is 0 Å². The number of anilines is 1. The van der Waals surface area contributed by atoms with Crippen LogP contribution in [0, 0.1) is 23.2 Å². The molecule has 7 rings (SSSR count). The predicted molar refractivity (Wildman–Crippen MR) is 120 cm³/mol. The Morgan fingerprint density at radius 2 is 1.68 bits per heavy atom. The first-order valence-electron chi connectivity index (χ1n) is 12.4. The molecule has 4 aliphatic carbocycles. The van der Waals surface area contributed by atoms with Crippen LogP contribution in [0.5, 0.6) is 0 Å². The molecule has 1 saturated heterocycles. The molecule has 0 radical (unpaired) electrons. The molecule has 0 spiro atoms. The lowest BCUT2D eigenvalue weighted by atomic mass is 9.49. The number of amides is 1. The first kappa shape index (κ1) is 19.5. The van der Waals surface area contributed by atoms with E-state index in [1.54, 1.807) is 6.33 Å². The fraction of sp³-hybridized carbons (Fsp3) is 0.750. The van der Waals surface area contributed by atoms with E-state index < -0.39 is 0 Å². The summed E-state index contributed by atoms with van der Waals surface area (Å²) >= 11 is 0. The summed E-state index contributed by atoms with van der Waals surface area (Å²) in [5, 5.41) is 8.90. The summed E-state index contributed by atoms with van der Waals surface area (Å²) in [5.41, 5.74) is 0.793. The lowest BCUT2D eigenvalue weighted by molar-refractivity contribution is -0.146. The van der Waals surface area contributed by atoms with Crippen molar-refractivity contribution in [2.75, 3.05) is 24.5 Å². The number of nitrogens with zero attached hydrogens (tertiary/aromatic N) is 5. The molecule has 3 heterocycles. The second-order valence-electron chi connectivity index (χ2n) is 10.7. The van der Waals surface area contributed by atoms with Gasteiger partial charge in [-0.05, 0) is 69.1 Å². The van der Waals surface area contributed by atoms with Gasteiger partial charge in [0.05, 0.1) is 18.1 Å². The summed E-state index contributed by atoms with van der Waals surface area (Å²) in [5.74, 6) is 3.68. The summed E-state index contributed by atoms with van der Waals surface area (Å²) in [6, 6.07) is 0. The van der Waals surface area contributed by atoms with Gasteiger partial charge in [-0.3, -0.25) is 4.79 Å². The SMILES string of the molecule is O=C(NCCn1ncc2c(N3CCCCCC3)ncnc21)C12CC3CC(CC(C3)C1)C2. The summed E-state index contributed by atoms with van der Waals surface area (Å²) in [6.07, 6.45) is 16.0. The van der Waals surface area contributed by atoms with Crippen LogP contribution in [0.15, 0.2) is 12.5 Å². The van der Waals surface area contributed by atoms with Crippen LogP contribution in [0.25, 0.3) is 11.0 Å². The standard InChI is InChI=1S/C24H34N6O/c31-23(24-12-17-9-18(13-24)11-19(10-17)14-24)25-5-8-30-22-20(15-28-30)21(26-16-27-22)29-6-3-1-2-4-7-29/h15-19H,1-14H2,(H,25,31). The van der Waals surface area contributed by atoms with E-state index in [1.165, 1.54) is 44.9 Å². The Kier molecular flexibility index (Phi) is 4.87. The van der Waals surface area contributed by atoms with Crippen molar-refractivity contribution in [1.29, 1.82) is 0 Å². The zero-order valence-corrected chi connectivity index (χ0v) is 18.4. The van der Waals surface area contributed by atoms with Gasteiger partial charge in [0.1, 0.15) is 12.1 Å². The average Bonchev–Trinajstić information content (AvgIpc) is 2.98. The van der Waals surface area contributed by atoms with Crippen LogP contribution >= 0.6 is 0 Å². The van der Waals surface area contributed by atoms with Crippen molar-refractivity contribution in [2.24, 2.45) is 23.2 Å². The van der Waals surface area contributed by atoms with Crippen LogP contribution in [0.3, 0.4) is 0 Å². The Hall–Kier alpha value is -2.18. The van der Waals surface area contributed by atoms with E-state index in [0.717, 1.165) is 67.0 Å². The smallest absolute Gasteiger partial charge is 0.226 e. The Balaban J connectivity index is 1.13.